The summed E-state index contributed by atoms with van der Waals surface area (Å²) in [6.07, 6.45) is -1.16. The van der Waals surface area contributed by atoms with E-state index in [0.717, 1.165) is 18.2 Å². The molecule has 0 aliphatic rings. The van der Waals surface area contributed by atoms with Gasteiger partial charge in [0.15, 0.2) is 0 Å². The molecule has 0 saturated heterocycles. The van der Waals surface area contributed by atoms with Crippen molar-refractivity contribution >= 4 is 53.2 Å². The number of amides is 6. The maximum absolute atomic E-state index is 14.1. The summed E-state index contributed by atoms with van der Waals surface area (Å²) in [5, 5.41) is 53.5. The third-order valence-electron chi connectivity index (χ3n) is 9.78. The van der Waals surface area contributed by atoms with Crippen LogP contribution in [-0.2, 0) is 49.6 Å². The van der Waals surface area contributed by atoms with Crippen molar-refractivity contribution < 1.29 is 63.6 Å². The van der Waals surface area contributed by atoms with Crippen molar-refractivity contribution in [2.75, 3.05) is 0 Å². The smallest absolute Gasteiger partial charge is 0.326 e. The number of phenolic OH excluding ortho intramolecular Hbond substituents is 2. The second-order valence-electron chi connectivity index (χ2n) is 16.7. The molecule has 20 nitrogen and oxygen atoms in total. The van der Waals surface area contributed by atoms with E-state index >= 15 is 0 Å². The number of hydrogen-bond acceptors (Lipinski definition) is 12. The lowest BCUT2D eigenvalue weighted by atomic mass is 9.97. The van der Waals surface area contributed by atoms with E-state index < -0.39 is 125 Å². The van der Waals surface area contributed by atoms with Crippen molar-refractivity contribution in [2.45, 2.75) is 117 Å². The highest BCUT2D eigenvalue weighted by Crippen LogP contribution is 2.26. The van der Waals surface area contributed by atoms with Crippen molar-refractivity contribution in [3.05, 3.63) is 59.7 Å². The van der Waals surface area contributed by atoms with Gasteiger partial charge < -0.3 is 58.1 Å². The molecule has 0 spiro atoms. The molecule has 2 aromatic carbocycles. The number of aliphatic carboxylic acids is 2. The van der Waals surface area contributed by atoms with E-state index in [1.807, 2.05) is 0 Å². The first kappa shape index (κ1) is 52.6. The third-order valence-corrected chi connectivity index (χ3v) is 9.78. The van der Waals surface area contributed by atoms with Crippen molar-refractivity contribution in [3.8, 4) is 11.5 Å². The predicted octanol–water partition coefficient (Wildman–Crippen LogP) is 0.392. The first-order valence-corrected chi connectivity index (χ1v) is 20.5. The van der Waals surface area contributed by atoms with Gasteiger partial charge in [-0.05, 0) is 53.4 Å². The molecule has 0 aliphatic heterocycles. The summed E-state index contributed by atoms with van der Waals surface area (Å²) in [6.45, 7) is 13.0. The van der Waals surface area contributed by atoms with Crippen LogP contribution in [0, 0.1) is 23.7 Å². The normalized spacial score (nSPS) is 14.6. The molecule has 6 amide bonds. The van der Waals surface area contributed by atoms with Gasteiger partial charge in [0.05, 0.1) is 12.5 Å². The number of carboxylic acids is 2. The Balaban J connectivity index is 2.45. The van der Waals surface area contributed by atoms with Gasteiger partial charge >= 0.3 is 11.9 Å². The molecule has 2 unspecified atom stereocenters. The van der Waals surface area contributed by atoms with Gasteiger partial charge in [-0.3, -0.25) is 38.4 Å². The molecular weight excluding hydrogens is 823 g/mol. The highest BCUT2D eigenvalue weighted by Gasteiger charge is 2.37. The zero-order chi connectivity index (χ0) is 47.9. The fourth-order valence-electron chi connectivity index (χ4n) is 6.24. The zero-order valence-electron chi connectivity index (χ0n) is 36.6. The average Bonchev–Trinajstić information content (AvgIpc) is 3.18. The number of phenols is 2. The Hall–Kier alpha value is -6.57. The summed E-state index contributed by atoms with van der Waals surface area (Å²) < 4.78 is 0. The number of carbonyl (C=O) groups excluding carboxylic acids is 7. The van der Waals surface area contributed by atoms with Gasteiger partial charge in [0.25, 0.3) is 5.91 Å². The predicted molar refractivity (Wildman–Crippen MR) is 227 cm³/mol. The standard InChI is InChI=1S/C43H61N7O13/c1-20(2)14-29(46-41(60)35(50-38(57)32(44)21(3)4)25-16-26(51)18-27(52)17-25)37(56)45-28(15-24-12-10-9-11-13-24)36(55)42(61)49-34(23(7)8)40(59)48-33(22(5)6)39(58)47-30(43(62)63)19-31(53)54/h9-13,16-18,20-23,28-30,32-35,51-52H,14-15,19,44H2,1-8H3,(H,45,56)(H,46,60)(H,47,58)(H,48,59)(H,49,61)(H,50,57)(H,53,54)(H,62,63)/t28?,29-,30+,32-,33-,34-,35?/m0/s1. The first-order valence-electron chi connectivity index (χ1n) is 20.5. The average molecular weight is 884 g/mol. The molecule has 20 heteroatoms. The Kier molecular flexibility index (Phi) is 20.2. The zero-order valence-corrected chi connectivity index (χ0v) is 36.6. The Bertz CT molecular complexity index is 1950. The second-order valence-corrected chi connectivity index (χ2v) is 16.7. The number of hydrogen-bond donors (Lipinski definition) is 11. The Morgan fingerprint density at radius 3 is 1.57 bits per heavy atom. The van der Waals surface area contributed by atoms with Crippen LogP contribution < -0.4 is 37.6 Å². The van der Waals surface area contributed by atoms with Crippen molar-refractivity contribution in [2.24, 2.45) is 29.4 Å². The van der Waals surface area contributed by atoms with Gasteiger partial charge in [-0.2, -0.15) is 0 Å². The monoisotopic (exact) mass is 883 g/mol. The molecule has 2 rings (SSSR count). The Morgan fingerprint density at radius 1 is 0.571 bits per heavy atom. The number of rotatable bonds is 24. The molecule has 0 heterocycles. The van der Waals surface area contributed by atoms with Crippen LogP contribution in [0.4, 0.5) is 0 Å². The van der Waals surface area contributed by atoms with E-state index in [1.165, 1.54) is 13.8 Å². The van der Waals surface area contributed by atoms with E-state index in [2.05, 4.69) is 31.9 Å². The van der Waals surface area contributed by atoms with Crippen LogP contribution in [0.25, 0.3) is 0 Å². The van der Waals surface area contributed by atoms with Gasteiger partial charge in [-0.15, -0.1) is 0 Å². The van der Waals surface area contributed by atoms with Crippen molar-refractivity contribution in [1.29, 1.82) is 0 Å². The Labute approximate surface area is 365 Å². The number of carbonyl (C=O) groups is 9. The van der Waals surface area contributed by atoms with Crippen molar-refractivity contribution in [1.82, 2.24) is 31.9 Å². The lowest BCUT2D eigenvalue weighted by Gasteiger charge is -2.28. The minimum atomic E-state index is -1.81. The van der Waals surface area contributed by atoms with Gasteiger partial charge in [0, 0.05) is 12.5 Å². The maximum atomic E-state index is 14.1. The molecule has 0 radical (unpaired) electrons. The largest absolute Gasteiger partial charge is 0.508 e. The van der Waals surface area contributed by atoms with Crippen LogP contribution in [0.5, 0.6) is 11.5 Å². The summed E-state index contributed by atoms with van der Waals surface area (Å²) in [5.41, 5.74) is 6.51. The quantitative estimate of drug-likeness (QED) is 0.0636. The first-order chi connectivity index (χ1) is 29.3. The van der Waals surface area contributed by atoms with Gasteiger partial charge in [0.2, 0.25) is 35.3 Å². The fraction of sp³-hybridized carbons (Fsp3) is 0.512. The fourth-order valence-corrected chi connectivity index (χ4v) is 6.24. The van der Waals surface area contributed by atoms with Crippen LogP contribution in [0.1, 0.15) is 85.4 Å². The van der Waals surface area contributed by atoms with Crippen molar-refractivity contribution in [3.63, 3.8) is 0 Å². The Morgan fingerprint density at radius 2 is 1.08 bits per heavy atom. The SMILES string of the molecule is CC(C)C[C@H](NC(=O)C(NC(=O)[C@@H](N)C(C)C)c1cc(O)cc(O)c1)C(=O)NC(Cc1ccccc1)C(=O)C(=O)N[C@H](C(=O)N[C@H](C(=O)N[C@H](CC(=O)O)C(=O)O)C(C)C)C(C)C. The summed E-state index contributed by atoms with van der Waals surface area (Å²) in [4.78, 5) is 118. The van der Waals surface area contributed by atoms with E-state index in [1.54, 1.807) is 71.9 Å². The minimum absolute atomic E-state index is 0.00279. The number of benzene rings is 2. The second kappa shape index (κ2) is 24.2. The minimum Gasteiger partial charge on any atom is -0.508 e. The molecule has 0 fully saturated rings. The van der Waals surface area contributed by atoms with Crippen LogP contribution in [0.15, 0.2) is 48.5 Å². The van der Waals surface area contributed by atoms with Gasteiger partial charge in [-0.25, -0.2) is 4.79 Å². The van der Waals surface area contributed by atoms with E-state index in [9.17, 15) is 58.5 Å². The molecule has 7 atom stereocenters. The lowest BCUT2D eigenvalue weighted by Crippen LogP contribution is -2.60. The maximum Gasteiger partial charge on any atom is 0.326 e. The molecule has 0 aromatic heterocycles. The highest BCUT2D eigenvalue weighted by atomic mass is 16.4. The number of ketones is 1. The van der Waals surface area contributed by atoms with Gasteiger partial charge in [0.1, 0.15) is 47.8 Å². The molecule has 0 aliphatic carbocycles. The molecule has 12 N–H and O–H groups in total. The highest BCUT2D eigenvalue weighted by molar-refractivity contribution is 6.39. The summed E-state index contributed by atoms with van der Waals surface area (Å²) in [7, 11) is 0. The molecular formula is C43H61N7O13. The van der Waals surface area contributed by atoms with Crippen LogP contribution in [-0.4, -0.2) is 110 Å². The molecule has 2 aromatic rings. The van der Waals surface area contributed by atoms with Crippen LogP contribution >= 0.6 is 0 Å². The number of nitrogens with two attached hydrogens (primary N) is 1. The molecule has 63 heavy (non-hydrogen) atoms. The van der Waals surface area contributed by atoms with E-state index in [4.69, 9.17) is 10.8 Å². The number of nitrogens with one attached hydrogen (secondary N) is 6. The summed E-state index contributed by atoms with van der Waals surface area (Å²) in [5.74, 6) is -12.9. The molecule has 0 saturated carbocycles. The lowest BCUT2D eigenvalue weighted by molar-refractivity contribution is -0.147. The number of aromatic hydroxyl groups is 2. The summed E-state index contributed by atoms with van der Waals surface area (Å²) >= 11 is 0. The summed E-state index contributed by atoms with van der Waals surface area (Å²) in [6, 6.07) is 1.39. The van der Waals surface area contributed by atoms with Crippen LogP contribution in [0.3, 0.4) is 0 Å². The van der Waals surface area contributed by atoms with E-state index in [-0.39, 0.29) is 30.2 Å². The number of Topliss-reactive ketones (excluding diaryl/α,β-unsaturated/α-hetero) is 1. The third kappa shape index (κ3) is 16.7. The van der Waals surface area contributed by atoms with Crippen LogP contribution in [0.2, 0.25) is 0 Å². The molecule has 346 valence electrons. The molecule has 0 bridgehead atoms. The number of carboxylic acid groups (broad SMARTS) is 2. The van der Waals surface area contributed by atoms with E-state index in [0.29, 0.717) is 5.56 Å². The topological polar surface area (TPSA) is 333 Å². The van der Waals surface area contributed by atoms with Gasteiger partial charge in [-0.1, -0.05) is 85.7 Å².